The van der Waals surface area contributed by atoms with Crippen LogP contribution in [0.5, 0.6) is 0 Å². The number of aryl methyl sites for hydroxylation is 1. The molecule has 2 amide bonds. The number of anilines is 2. The van der Waals surface area contributed by atoms with Crippen molar-refractivity contribution in [3.63, 3.8) is 0 Å². The number of likely N-dealkylation sites (tertiary alicyclic amines) is 1. The van der Waals surface area contributed by atoms with Gasteiger partial charge in [-0.3, -0.25) is 4.68 Å². The molecule has 4 rings (SSSR count). The van der Waals surface area contributed by atoms with E-state index in [0.29, 0.717) is 24.5 Å². The quantitative estimate of drug-likeness (QED) is 0.519. The number of carbonyl (C=O) groups excluding carboxylic acids is 1. The highest BCUT2D eigenvalue weighted by Gasteiger charge is 2.36. The fourth-order valence-electron chi connectivity index (χ4n) is 3.81. The Balaban J connectivity index is 1.45. The Morgan fingerprint density at radius 2 is 1.94 bits per heavy atom. The first kappa shape index (κ1) is 25.4. The van der Waals surface area contributed by atoms with Crippen LogP contribution < -0.4 is 10.6 Å². The summed E-state index contributed by atoms with van der Waals surface area (Å²) >= 11 is 0. The molecule has 0 saturated carbocycles. The molecule has 1 fully saturated rings. The van der Waals surface area contributed by atoms with E-state index >= 15 is 0 Å². The number of rotatable bonds is 6. The van der Waals surface area contributed by atoms with Gasteiger partial charge in [0.1, 0.15) is 0 Å². The van der Waals surface area contributed by atoms with E-state index in [2.05, 4.69) is 25.7 Å². The normalized spacial score (nSPS) is 14.5. The van der Waals surface area contributed by atoms with E-state index in [9.17, 15) is 18.0 Å². The van der Waals surface area contributed by atoms with Gasteiger partial charge >= 0.3 is 12.2 Å². The highest BCUT2D eigenvalue weighted by molar-refractivity contribution is 5.75. The minimum absolute atomic E-state index is 0.0367. The van der Waals surface area contributed by atoms with Crippen LogP contribution in [0.25, 0.3) is 11.3 Å². The number of ether oxygens (including phenoxy) is 1. The SMILES string of the molecule is Cn1cc(Nc2nccc(-c3ccc(CNC(=O)N4CC(OC(C)(C)C)C4)c(C(F)(F)F)c3)n2)cn1. The molecule has 9 nitrogen and oxygen atoms in total. The zero-order valence-corrected chi connectivity index (χ0v) is 20.4. The maximum absolute atomic E-state index is 13.9. The predicted molar refractivity (Wildman–Crippen MR) is 127 cm³/mol. The molecule has 1 aromatic carbocycles. The Hall–Kier alpha value is -3.67. The molecule has 1 aliphatic rings. The third-order valence-corrected chi connectivity index (χ3v) is 5.41. The number of amides is 2. The van der Waals surface area contributed by atoms with E-state index in [1.165, 1.54) is 23.2 Å². The monoisotopic (exact) mass is 503 g/mol. The van der Waals surface area contributed by atoms with Crippen LogP contribution >= 0.6 is 0 Å². The van der Waals surface area contributed by atoms with E-state index in [4.69, 9.17) is 4.74 Å². The smallest absolute Gasteiger partial charge is 0.369 e. The number of benzene rings is 1. The summed E-state index contributed by atoms with van der Waals surface area (Å²) in [5.74, 6) is 0.230. The van der Waals surface area contributed by atoms with Crippen molar-refractivity contribution in [1.29, 1.82) is 0 Å². The summed E-state index contributed by atoms with van der Waals surface area (Å²) in [6.07, 6.45) is 0.0812. The predicted octanol–water partition coefficient (Wildman–Crippen LogP) is 4.35. The number of alkyl halides is 3. The van der Waals surface area contributed by atoms with E-state index in [-0.39, 0.29) is 35.3 Å². The standard InChI is InChI=1S/C24H28F3N7O2/c1-23(2,3)36-18-13-34(14-18)22(35)29-10-16-6-5-15(9-19(16)24(25,26)27)20-7-8-28-21(32-20)31-17-11-30-33(4)12-17/h5-9,11-12,18H,10,13-14H2,1-4H3,(H,29,35)(H,28,31,32). The number of aromatic nitrogens is 4. The lowest BCUT2D eigenvalue weighted by Gasteiger charge is -2.41. The van der Waals surface area contributed by atoms with Gasteiger partial charge in [0.25, 0.3) is 0 Å². The first-order chi connectivity index (χ1) is 16.9. The van der Waals surface area contributed by atoms with Gasteiger partial charge in [-0.05, 0) is 38.5 Å². The summed E-state index contributed by atoms with van der Waals surface area (Å²) in [5, 5.41) is 9.60. The lowest BCUT2D eigenvalue weighted by Crippen LogP contribution is -2.59. The number of carbonyl (C=O) groups is 1. The third-order valence-electron chi connectivity index (χ3n) is 5.41. The number of urea groups is 1. The van der Waals surface area contributed by atoms with E-state index < -0.39 is 17.8 Å². The Bertz CT molecular complexity index is 1230. The van der Waals surface area contributed by atoms with Crippen LogP contribution in [-0.2, 0) is 24.5 Å². The van der Waals surface area contributed by atoms with Crippen LogP contribution in [-0.4, -0.2) is 55.5 Å². The van der Waals surface area contributed by atoms with Crippen LogP contribution in [0.4, 0.5) is 29.6 Å². The summed E-state index contributed by atoms with van der Waals surface area (Å²) in [4.78, 5) is 22.4. The van der Waals surface area contributed by atoms with Crippen molar-refractivity contribution in [2.45, 2.75) is 45.2 Å². The first-order valence-corrected chi connectivity index (χ1v) is 11.4. The first-order valence-electron chi connectivity index (χ1n) is 11.4. The van der Waals surface area contributed by atoms with Gasteiger partial charge in [-0.2, -0.15) is 18.3 Å². The molecule has 0 radical (unpaired) electrons. The molecule has 36 heavy (non-hydrogen) atoms. The van der Waals surface area contributed by atoms with Crippen LogP contribution in [0.2, 0.25) is 0 Å². The Morgan fingerprint density at radius 3 is 2.58 bits per heavy atom. The number of nitrogens with one attached hydrogen (secondary N) is 2. The van der Waals surface area contributed by atoms with E-state index in [1.54, 1.807) is 30.2 Å². The molecule has 3 aromatic rings. The van der Waals surface area contributed by atoms with Crippen LogP contribution in [0.15, 0.2) is 42.9 Å². The molecular formula is C24H28F3N7O2. The second-order valence-electron chi connectivity index (χ2n) is 9.58. The fraction of sp³-hybridized carbons (Fsp3) is 0.417. The third kappa shape index (κ3) is 6.30. The molecule has 1 aliphatic heterocycles. The van der Waals surface area contributed by atoms with Gasteiger partial charge in [0.05, 0.1) is 47.9 Å². The summed E-state index contributed by atoms with van der Waals surface area (Å²) < 4.78 is 49.1. The summed E-state index contributed by atoms with van der Waals surface area (Å²) in [6, 6.07) is 5.04. The molecular weight excluding hydrogens is 475 g/mol. The van der Waals surface area contributed by atoms with Crippen LogP contribution in [0.3, 0.4) is 0 Å². The maximum Gasteiger partial charge on any atom is 0.416 e. The second-order valence-corrected chi connectivity index (χ2v) is 9.58. The average molecular weight is 504 g/mol. The minimum Gasteiger partial charge on any atom is -0.369 e. The van der Waals surface area contributed by atoms with Crippen LogP contribution in [0, 0.1) is 0 Å². The highest BCUT2D eigenvalue weighted by Crippen LogP contribution is 2.35. The molecule has 12 heteroatoms. The van der Waals surface area contributed by atoms with Gasteiger partial charge in [-0.25, -0.2) is 14.8 Å². The van der Waals surface area contributed by atoms with Crippen molar-refractivity contribution in [3.8, 4) is 11.3 Å². The van der Waals surface area contributed by atoms with E-state index in [0.717, 1.165) is 6.07 Å². The van der Waals surface area contributed by atoms with Crippen molar-refractivity contribution >= 4 is 17.7 Å². The van der Waals surface area contributed by atoms with E-state index in [1.807, 2.05) is 20.8 Å². The minimum atomic E-state index is -4.61. The number of halogens is 3. The second kappa shape index (κ2) is 9.76. The zero-order chi connectivity index (χ0) is 26.1. The zero-order valence-electron chi connectivity index (χ0n) is 20.4. The summed E-state index contributed by atoms with van der Waals surface area (Å²) in [6.45, 7) is 6.33. The number of hydrogen-bond acceptors (Lipinski definition) is 6. The Labute approximate surface area is 206 Å². The van der Waals surface area contributed by atoms with Crippen molar-refractivity contribution in [2.24, 2.45) is 7.05 Å². The van der Waals surface area contributed by atoms with Crippen molar-refractivity contribution < 1.29 is 22.7 Å². The summed E-state index contributed by atoms with van der Waals surface area (Å²) in [5.41, 5.74) is 0.0521. The molecule has 3 heterocycles. The molecule has 1 saturated heterocycles. The molecule has 0 spiro atoms. The maximum atomic E-state index is 13.9. The van der Waals surface area contributed by atoms with Gasteiger partial charge in [-0.15, -0.1) is 0 Å². The largest absolute Gasteiger partial charge is 0.416 e. The van der Waals surface area contributed by atoms with Gasteiger partial charge in [0, 0.05) is 31.5 Å². The Kier molecular flexibility index (Phi) is 6.90. The van der Waals surface area contributed by atoms with Crippen LogP contribution in [0.1, 0.15) is 31.9 Å². The van der Waals surface area contributed by atoms with Gasteiger partial charge in [0.2, 0.25) is 5.95 Å². The molecule has 0 bridgehead atoms. The molecule has 0 unspecified atom stereocenters. The Morgan fingerprint density at radius 1 is 1.19 bits per heavy atom. The number of nitrogens with zero attached hydrogens (tertiary/aromatic N) is 5. The van der Waals surface area contributed by atoms with Gasteiger partial charge in [-0.1, -0.05) is 12.1 Å². The molecule has 0 aliphatic carbocycles. The topological polar surface area (TPSA) is 97.2 Å². The molecule has 2 N–H and O–H groups in total. The molecule has 0 atom stereocenters. The average Bonchev–Trinajstić information content (AvgIpc) is 3.17. The van der Waals surface area contributed by atoms with Crippen molar-refractivity contribution in [3.05, 3.63) is 54.0 Å². The van der Waals surface area contributed by atoms with Gasteiger partial charge < -0.3 is 20.3 Å². The highest BCUT2D eigenvalue weighted by atomic mass is 19.4. The lowest BCUT2D eigenvalue weighted by molar-refractivity contribution is -0.138. The fourth-order valence-corrected chi connectivity index (χ4v) is 3.81. The van der Waals surface area contributed by atoms with Gasteiger partial charge in [0.15, 0.2) is 0 Å². The molecule has 2 aromatic heterocycles. The van der Waals surface area contributed by atoms with Crippen molar-refractivity contribution in [2.75, 3.05) is 18.4 Å². The number of hydrogen-bond donors (Lipinski definition) is 2. The lowest BCUT2D eigenvalue weighted by atomic mass is 10.0. The van der Waals surface area contributed by atoms with Crippen molar-refractivity contribution in [1.82, 2.24) is 30.0 Å². The summed E-state index contributed by atoms with van der Waals surface area (Å²) in [7, 11) is 1.76. The molecule has 192 valence electrons.